The molecule has 0 spiro atoms. The largest absolute Gasteiger partial charge is 0.382 e. The molecule has 0 saturated carbocycles. The van der Waals surface area contributed by atoms with Crippen LogP contribution in [-0.4, -0.2) is 25.2 Å². The Morgan fingerprint density at radius 1 is 1.53 bits per heavy atom. The summed E-state index contributed by atoms with van der Waals surface area (Å²) in [7, 11) is 1.54. The lowest BCUT2D eigenvalue weighted by Gasteiger charge is -2.25. The summed E-state index contributed by atoms with van der Waals surface area (Å²) in [6, 6.07) is 4.12. The highest BCUT2D eigenvalue weighted by Crippen LogP contribution is 2.14. The van der Waals surface area contributed by atoms with Crippen LogP contribution in [0.2, 0.25) is 0 Å². The number of benzene rings is 1. The molecule has 0 bridgehead atoms. The van der Waals surface area contributed by atoms with Gasteiger partial charge >= 0.3 is 0 Å². The summed E-state index contributed by atoms with van der Waals surface area (Å²) >= 11 is 4.08. The summed E-state index contributed by atoms with van der Waals surface area (Å²) < 4.78 is 18.4. The minimum Gasteiger partial charge on any atom is -0.382 e. The van der Waals surface area contributed by atoms with Gasteiger partial charge in [-0.15, -0.1) is 12.6 Å². The molecule has 0 aliphatic rings. The predicted octanol–water partition coefficient (Wildman–Crippen LogP) is 2.27. The summed E-state index contributed by atoms with van der Waals surface area (Å²) in [6.07, 6.45) is 0. The van der Waals surface area contributed by atoms with E-state index in [1.807, 2.05) is 0 Å². The molecule has 0 saturated heterocycles. The molecule has 1 aromatic rings. The van der Waals surface area contributed by atoms with Crippen molar-refractivity contribution >= 4 is 18.5 Å². The van der Waals surface area contributed by atoms with E-state index in [1.54, 1.807) is 21.0 Å². The average molecular weight is 257 g/mol. The summed E-state index contributed by atoms with van der Waals surface area (Å²) in [5.41, 5.74) is -0.563. The Hall–Kier alpha value is -1.07. The van der Waals surface area contributed by atoms with Crippen molar-refractivity contribution in [1.29, 1.82) is 0 Å². The van der Waals surface area contributed by atoms with E-state index in [0.717, 1.165) is 0 Å². The monoisotopic (exact) mass is 257 g/mol. The fourth-order valence-electron chi connectivity index (χ4n) is 1.46. The Morgan fingerprint density at radius 2 is 2.18 bits per heavy atom. The van der Waals surface area contributed by atoms with E-state index in [0.29, 0.717) is 11.5 Å². The number of thiol groups is 1. The van der Waals surface area contributed by atoms with Gasteiger partial charge in [0.15, 0.2) is 0 Å². The first kappa shape index (κ1) is 14.0. The third kappa shape index (κ3) is 4.02. The Kier molecular flexibility index (Phi) is 4.54. The number of nitrogens with one attached hydrogen (secondary N) is 1. The van der Waals surface area contributed by atoms with Crippen LogP contribution in [0.1, 0.15) is 24.2 Å². The fraction of sp³-hybridized carbons (Fsp3) is 0.417. The van der Waals surface area contributed by atoms with Crippen LogP contribution in [0.25, 0.3) is 0 Å². The number of amides is 1. The molecule has 0 unspecified atom stereocenters. The number of rotatable bonds is 4. The van der Waals surface area contributed by atoms with Gasteiger partial charge in [-0.2, -0.15) is 0 Å². The summed E-state index contributed by atoms with van der Waals surface area (Å²) in [6.45, 7) is 3.95. The maximum atomic E-state index is 13.5. The molecule has 17 heavy (non-hydrogen) atoms. The van der Waals surface area contributed by atoms with Crippen molar-refractivity contribution < 1.29 is 13.9 Å². The predicted molar refractivity (Wildman–Crippen MR) is 67.1 cm³/mol. The van der Waals surface area contributed by atoms with Gasteiger partial charge in [-0.05, 0) is 32.0 Å². The van der Waals surface area contributed by atoms with E-state index in [4.69, 9.17) is 4.74 Å². The molecule has 5 heteroatoms. The molecule has 1 N–H and O–H groups in total. The number of methoxy groups -OCH3 is 1. The zero-order chi connectivity index (χ0) is 13.1. The number of carbonyl (C=O) groups excluding carboxylic acids is 1. The van der Waals surface area contributed by atoms with Crippen LogP contribution in [0.3, 0.4) is 0 Å². The van der Waals surface area contributed by atoms with E-state index in [9.17, 15) is 9.18 Å². The molecule has 0 heterocycles. The highest BCUT2D eigenvalue weighted by atomic mass is 32.1. The Balaban J connectivity index is 2.86. The second kappa shape index (κ2) is 5.51. The average Bonchev–Trinajstić information content (AvgIpc) is 2.20. The first-order valence-corrected chi connectivity index (χ1v) is 5.60. The molecule has 1 amide bonds. The maximum Gasteiger partial charge on any atom is 0.254 e. The molecule has 0 aromatic heterocycles. The molecule has 0 aliphatic heterocycles. The molecule has 0 fully saturated rings. The minimum atomic E-state index is -0.562. The van der Waals surface area contributed by atoms with Crippen LogP contribution in [0.4, 0.5) is 4.39 Å². The van der Waals surface area contributed by atoms with Crippen molar-refractivity contribution in [2.45, 2.75) is 24.3 Å². The second-order valence-electron chi connectivity index (χ2n) is 4.44. The third-order valence-corrected chi connectivity index (χ3v) is 2.43. The molecule has 94 valence electrons. The Bertz CT molecular complexity index is 421. The summed E-state index contributed by atoms with van der Waals surface area (Å²) in [5, 5.41) is 2.70. The quantitative estimate of drug-likeness (QED) is 0.812. The van der Waals surface area contributed by atoms with Crippen LogP contribution in [-0.2, 0) is 4.74 Å². The van der Waals surface area contributed by atoms with Gasteiger partial charge < -0.3 is 10.1 Å². The van der Waals surface area contributed by atoms with Crippen molar-refractivity contribution in [1.82, 2.24) is 5.32 Å². The van der Waals surface area contributed by atoms with Crippen LogP contribution in [0.5, 0.6) is 0 Å². The van der Waals surface area contributed by atoms with E-state index >= 15 is 0 Å². The van der Waals surface area contributed by atoms with E-state index in [1.165, 1.54) is 18.2 Å². The smallest absolute Gasteiger partial charge is 0.254 e. The maximum absolute atomic E-state index is 13.5. The number of hydrogen-bond acceptors (Lipinski definition) is 3. The Labute approximate surface area is 106 Å². The van der Waals surface area contributed by atoms with Crippen molar-refractivity contribution in [3.05, 3.63) is 29.6 Å². The number of halogens is 1. The lowest BCUT2D eigenvalue weighted by Crippen LogP contribution is -2.47. The van der Waals surface area contributed by atoms with Gasteiger partial charge in [0.2, 0.25) is 0 Å². The van der Waals surface area contributed by atoms with Crippen molar-refractivity contribution in [3.63, 3.8) is 0 Å². The molecule has 0 atom stereocenters. The molecule has 3 nitrogen and oxygen atoms in total. The van der Waals surface area contributed by atoms with E-state index in [-0.39, 0.29) is 5.56 Å². The van der Waals surface area contributed by atoms with Crippen molar-refractivity contribution in [2.75, 3.05) is 13.7 Å². The minimum absolute atomic E-state index is 0.0123. The lowest BCUT2D eigenvalue weighted by molar-refractivity contribution is 0.0816. The lowest BCUT2D eigenvalue weighted by atomic mass is 10.1. The van der Waals surface area contributed by atoms with Gasteiger partial charge in [-0.3, -0.25) is 4.79 Å². The third-order valence-electron chi connectivity index (χ3n) is 2.15. The van der Waals surface area contributed by atoms with Crippen molar-refractivity contribution in [2.24, 2.45) is 0 Å². The molecule has 0 aliphatic carbocycles. The highest BCUT2D eigenvalue weighted by Gasteiger charge is 2.22. The van der Waals surface area contributed by atoms with E-state index in [2.05, 4.69) is 17.9 Å². The van der Waals surface area contributed by atoms with Gasteiger partial charge in [-0.25, -0.2) is 4.39 Å². The molecular weight excluding hydrogens is 241 g/mol. The van der Waals surface area contributed by atoms with Crippen LogP contribution in [0, 0.1) is 5.82 Å². The van der Waals surface area contributed by atoms with Gasteiger partial charge in [0.1, 0.15) is 5.82 Å². The van der Waals surface area contributed by atoms with Gasteiger partial charge in [0.05, 0.1) is 17.7 Å². The standard InChI is InChI=1S/C12H16FNO2S/c1-12(2,7-16-3)14-11(15)9-6-8(17)4-5-10(9)13/h4-6,17H,7H2,1-3H3,(H,14,15). The van der Waals surface area contributed by atoms with Crippen LogP contribution < -0.4 is 5.32 Å². The SMILES string of the molecule is COCC(C)(C)NC(=O)c1cc(S)ccc1F. The molecule has 0 radical (unpaired) electrons. The van der Waals surface area contributed by atoms with Gasteiger partial charge in [-0.1, -0.05) is 0 Å². The van der Waals surface area contributed by atoms with Crippen molar-refractivity contribution in [3.8, 4) is 0 Å². The zero-order valence-corrected chi connectivity index (χ0v) is 11.0. The summed E-state index contributed by atoms with van der Waals surface area (Å²) in [5.74, 6) is -1.03. The second-order valence-corrected chi connectivity index (χ2v) is 4.95. The van der Waals surface area contributed by atoms with Gasteiger partial charge in [0.25, 0.3) is 5.91 Å². The number of carbonyl (C=O) groups is 1. The number of ether oxygens (including phenoxy) is 1. The molecule has 1 rings (SSSR count). The fourth-order valence-corrected chi connectivity index (χ4v) is 1.66. The highest BCUT2D eigenvalue weighted by molar-refractivity contribution is 7.80. The first-order valence-electron chi connectivity index (χ1n) is 5.16. The number of hydrogen-bond donors (Lipinski definition) is 2. The zero-order valence-electron chi connectivity index (χ0n) is 10.1. The Morgan fingerprint density at radius 3 is 2.76 bits per heavy atom. The first-order chi connectivity index (χ1) is 7.85. The normalized spacial score (nSPS) is 11.4. The van der Waals surface area contributed by atoms with Gasteiger partial charge in [0, 0.05) is 12.0 Å². The van der Waals surface area contributed by atoms with Crippen LogP contribution in [0.15, 0.2) is 23.1 Å². The molecular formula is C12H16FNO2S. The topological polar surface area (TPSA) is 38.3 Å². The molecule has 1 aromatic carbocycles. The van der Waals surface area contributed by atoms with Crippen LogP contribution >= 0.6 is 12.6 Å². The summed E-state index contributed by atoms with van der Waals surface area (Å²) in [4.78, 5) is 12.4. The van der Waals surface area contributed by atoms with E-state index < -0.39 is 17.3 Å².